The van der Waals surface area contributed by atoms with Crippen LogP contribution in [0, 0.1) is 0 Å². The van der Waals surface area contributed by atoms with Gasteiger partial charge in [0.05, 0.1) is 6.54 Å². The summed E-state index contributed by atoms with van der Waals surface area (Å²) in [6.07, 6.45) is 0. The average molecular weight is 263 g/mol. The Balaban J connectivity index is 2.53. The topological polar surface area (TPSA) is 84.3 Å². The van der Waals surface area contributed by atoms with E-state index in [1.165, 1.54) is 0 Å². The van der Waals surface area contributed by atoms with Crippen molar-refractivity contribution in [2.45, 2.75) is 32.9 Å². The summed E-state index contributed by atoms with van der Waals surface area (Å²) < 4.78 is 10.4. The van der Waals surface area contributed by atoms with Gasteiger partial charge < -0.3 is 9.47 Å². The van der Waals surface area contributed by atoms with E-state index in [9.17, 15) is 4.79 Å². The molecule has 0 saturated heterocycles. The van der Waals surface area contributed by atoms with Crippen molar-refractivity contribution in [2.24, 2.45) is 5.11 Å². The Morgan fingerprint density at radius 2 is 2.16 bits per heavy atom. The van der Waals surface area contributed by atoms with Gasteiger partial charge >= 0.3 is 5.97 Å². The summed E-state index contributed by atoms with van der Waals surface area (Å²) in [7, 11) is 0. The van der Waals surface area contributed by atoms with E-state index in [0.29, 0.717) is 5.75 Å². The number of hydrogen-bond donors (Lipinski definition) is 0. The van der Waals surface area contributed by atoms with Crippen molar-refractivity contribution in [2.75, 3.05) is 6.61 Å². The molecule has 0 amide bonds. The Bertz CT molecular complexity index is 488. The molecule has 0 saturated carbocycles. The van der Waals surface area contributed by atoms with E-state index in [1.54, 1.807) is 39.0 Å². The Hall–Kier alpha value is -2.20. The second kappa shape index (κ2) is 6.66. The Labute approximate surface area is 112 Å². The van der Waals surface area contributed by atoms with Crippen LogP contribution in [0.15, 0.2) is 29.4 Å². The molecule has 0 aromatic heterocycles. The fourth-order valence-corrected chi connectivity index (χ4v) is 1.36. The number of nitrogens with zero attached hydrogens (tertiary/aromatic N) is 3. The fraction of sp³-hybridized carbons (Fsp3) is 0.462. The van der Waals surface area contributed by atoms with Crippen LogP contribution < -0.4 is 4.74 Å². The summed E-state index contributed by atoms with van der Waals surface area (Å²) in [5, 5.41) is 3.46. The molecule has 19 heavy (non-hydrogen) atoms. The molecule has 0 spiro atoms. The quantitative estimate of drug-likeness (QED) is 0.354. The van der Waals surface area contributed by atoms with E-state index < -0.39 is 11.6 Å². The maximum absolute atomic E-state index is 11.5. The third-order valence-corrected chi connectivity index (χ3v) is 1.99. The smallest absolute Gasteiger partial charge is 0.344 e. The molecule has 0 N–H and O–H groups in total. The first-order chi connectivity index (χ1) is 8.90. The molecule has 6 nitrogen and oxygen atoms in total. The summed E-state index contributed by atoms with van der Waals surface area (Å²) in [6, 6.07) is 7.03. The lowest BCUT2D eigenvalue weighted by molar-refractivity contribution is -0.157. The molecule has 1 aromatic rings. The molecule has 0 bridgehead atoms. The molecule has 0 heterocycles. The number of rotatable bonds is 5. The number of ether oxygens (including phenoxy) is 2. The van der Waals surface area contributed by atoms with Crippen molar-refractivity contribution in [1.29, 1.82) is 0 Å². The summed E-state index contributed by atoms with van der Waals surface area (Å²) in [5.41, 5.74) is 8.54. The monoisotopic (exact) mass is 263 g/mol. The van der Waals surface area contributed by atoms with Gasteiger partial charge in [0.1, 0.15) is 11.4 Å². The third-order valence-electron chi connectivity index (χ3n) is 1.99. The predicted molar refractivity (Wildman–Crippen MR) is 70.6 cm³/mol. The van der Waals surface area contributed by atoms with Crippen LogP contribution in [0.4, 0.5) is 0 Å². The second-order valence-electron chi connectivity index (χ2n) is 4.91. The molecule has 0 aliphatic carbocycles. The Morgan fingerprint density at radius 3 is 2.79 bits per heavy atom. The number of esters is 1. The lowest BCUT2D eigenvalue weighted by Gasteiger charge is -2.19. The number of carbonyl (C=O) groups excluding carboxylic acids is 1. The van der Waals surface area contributed by atoms with Crippen LogP contribution in [0.3, 0.4) is 0 Å². The van der Waals surface area contributed by atoms with Crippen molar-refractivity contribution < 1.29 is 14.3 Å². The van der Waals surface area contributed by atoms with E-state index in [0.717, 1.165) is 5.56 Å². The zero-order valence-electron chi connectivity index (χ0n) is 11.3. The third kappa shape index (κ3) is 6.33. The average Bonchev–Trinajstić information content (AvgIpc) is 2.32. The van der Waals surface area contributed by atoms with Crippen molar-refractivity contribution in [3.8, 4) is 5.75 Å². The summed E-state index contributed by atoms with van der Waals surface area (Å²) in [5.74, 6) is 0.115. The van der Waals surface area contributed by atoms with E-state index >= 15 is 0 Å². The van der Waals surface area contributed by atoms with E-state index in [2.05, 4.69) is 10.0 Å². The van der Waals surface area contributed by atoms with Crippen molar-refractivity contribution in [3.05, 3.63) is 40.3 Å². The standard InChI is InChI=1S/C13H17N3O3/c1-13(2,3)19-12(17)9-18-11-6-4-5-10(7-11)8-15-16-14/h4-7H,8-9H2,1-3H3. The van der Waals surface area contributed by atoms with Gasteiger partial charge in [-0.15, -0.1) is 0 Å². The minimum Gasteiger partial charge on any atom is -0.482 e. The van der Waals surface area contributed by atoms with Gasteiger partial charge in [-0.25, -0.2) is 4.79 Å². The highest BCUT2D eigenvalue weighted by Gasteiger charge is 2.16. The molecule has 0 fully saturated rings. The highest BCUT2D eigenvalue weighted by molar-refractivity contribution is 5.71. The minimum absolute atomic E-state index is 0.151. The van der Waals surface area contributed by atoms with E-state index in [-0.39, 0.29) is 13.2 Å². The van der Waals surface area contributed by atoms with Gasteiger partial charge in [-0.05, 0) is 44.0 Å². The summed E-state index contributed by atoms with van der Waals surface area (Å²) in [6.45, 7) is 5.49. The lowest BCUT2D eigenvalue weighted by atomic mass is 10.2. The summed E-state index contributed by atoms with van der Waals surface area (Å²) >= 11 is 0. The molecule has 0 aliphatic heterocycles. The fourth-order valence-electron chi connectivity index (χ4n) is 1.36. The van der Waals surface area contributed by atoms with Crippen molar-refractivity contribution in [3.63, 3.8) is 0 Å². The molecule has 0 atom stereocenters. The van der Waals surface area contributed by atoms with Gasteiger partial charge in [0.15, 0.2) is 6.61 Å². The predicted octanol–water partition coefficient (Wildman–Crippen LogP) is 3.22. The highest BCUT2D eigenvalue weighted by atomic mass is 16.6. The molecule has 102 valence electrons. The van der Waals surface area contributed by atoms with Gasteiger partial charge in [0, 0.05) is 4.91 Å². The first-order valence-electron chi connectivity index (χ1n) is 5.85. The van der Waals surface area contributed by atoms with Crippen LogP contribution in [0.5, 0.6) is 5.75 Å². The van der Waals surface area contributed by atoms with Gasteiger partial charge in [-0.1, -0.05) is 17.2 Å². The molecular weight excluding hydrogens is 246 g/mol. The SMILES string of the molecule is CC(C)(C)OC(=O)COc1cccc(CN=[N+]=[N-])c1. The molecule has 0 radical (unpaired) electrons. The van der Waals surface area contributed by atoms with Gasteiger partial charge in [-0.3, -0.25) is 0 Å². The zero-order valence-corrected chi connectivity index (χ0v) is 11.3. The van der Waals surface area contributed by atoms with Crippen LogP contribution in [-0.4, -0.2) is 18.2 Å². The van der Waals surface area contributed by atoms with Crippen LogP contribution >= 0.6 is 0 Å². The van der Waals surface area contributed by atoms with Crippen LogP contribution in [0.2, 0.25) is 0 Å². The Kier molecular flexibility index (Phi) is 5.21. The molecule has 0 unspecified atom stereocenters. The molecular formula is C13H17N3O3. The van der Waals surface area contributed by atoms with Gasteiger partial charge in [-0.2, -0.15) is 0 Å². The minimum atomic E-state index is -0.524. The zero-order chi connectivity index (χ0) is 14.3. The lowest BCUT2D eigenvalue weighted by Crippen LogP contribution is -2.27. The number of hydrogen-bond acceptors (Lipinski definition) is 4. The largest absolute Gasteiger partial charge is 0.482 e. The normalized spacial score (nSPS) is 10.5. The molecule has 1 rings (SSSR count). The molecule has 1 aromatic carbocycles. The van der Waals surface area contributed by atoms with Gasteiger partial charge in [0.25, 0.3) is 0 Å². The van der Waals surface area contributed by atoms with E-state index in [4.69, 9.17) is 15.0 Å². The maximum atomic E-state index is 11.5. The van der Waals surface area contributed by atoms with E-state index in [1.807, 2.05) is 6.07 Å². The second-order valence-corrected chi connectivity index (χ2v) is 4.91. The van der Waals surface area contributed by atoms with Crippen LogP contribution in [0.25, 0.3) is 10.4 Å². The van der Waals surface area contributed by atoms with Crippen LogP contribution in [-0.2, 0) is 16.1 Å². The summed E-state index contributed by atoms with van der Waals surface area (Å²) in [4.78, 5) is 14.2. The Morgan fingerprint density at radius 1 is 1.42 bits per heavy atom. The number of azide groups is 1. The molecule has 6 heteroatoms. The first kappa shape index (κ1) is 14.9. The number of carbonyl (C=O) groups is 1. The van der Waals surface area contributed by atoms with Gasteiger partial charge in [0.2, 0.25) is 0 Å². The maximum Gasteiger partial charge on any atom is 0.344 e. The molecule has 0 aliphatic rings. The van der Waals surface area contributed by atoms with Crippen LogP contribution in [0.1, 0.15) is 26.3 Å². The van der Waals surface area contributed by atoms with Crippen molar-refractivity contribution >= 4 is 5.97 Å². The highest BCUT2D eigenvalue weighted by Crippen LogP contribution is 2.15. The first-order valence-corrected chi connectivity index (χ1v) is 5.85. The number of benzene rings is 1. The van der Waals surface area contributed by atoms with Crippen molar-refractivity contribution in [1.82, 2.24) is 0 Å².